The van der Waals surface area contributed by atoms with Crippen LogP contribution in [0.4, 0.5) is 4.79 Å². The van der Waals surface area contributed by atoms with Gasteiger partial charge in [-0.05, 0) is 32.9 Å². The van der Waals surface area contributed by atoms with Crippen LogP contribution in [0, 0.1) is 0 Å². The van der Waals surface area contributed by atoms with Crippen molar-refractivity contribution in [3.8, 4) is 0 Å². The molecule has 1 saturated heterocycles. The van der Waals surface area contributed by atoms with Crippen LogP contribution in [0.15, 0.2) is 40.2 Å². The fourth-order valence-corrected chi connectivity index (χ4v) is 3.86. The summed E-state index contributed by atoms with van der Waals surface area (Å²) in [6.07, 6.45) is -0.224. The third-order valence-corrected chi connectivity index (χ3v) is 5.27. The molecular weight excluding hydrogens is 348 g/mol. The van der Waals surface area contributed by atoms with Crippen molar-refractivity contribution in [2.75, 3.05) is 38.5 Å². The Morgan fingerprint density at radius 3 is 2.81 bits per heavy atom. The number of guanidine groups is 1. The first kappa shape index (κ1) is 18.9. The van der Waals surface area contributed by atoms with E-state index in [1.54, 1.807) is 4.90 Å². The number of hydrogen-bond acceptors (Lipinski definition) is 6. The molecule has 7 heteroatoms. The highest BCUT2D eigenvalue weighted by atomic mass is 32.2. The summed E-state index contributed by atoms with van der Waals surface area (Å²) >= 11 is 1.84. The summed E-state index contributed by atoms with van der Waals surface area (Å²) in [6, 6.07) is 10.7. The number of benzene rings is 1. The van der Waals surface area contributed by atoms with E-state index in [0.29, 0.717) is 13.1 Å². The van der Waals surface area contributed by atoms with Gasteiger partial charge in [-0.3, -0.25) is 4.99 Å². The normalized spacial score (nSPS) is 19.8. The highest BCUT2D eigenvalue weighted by molar-refractivity contribution is 7.99. The number of rotatable bonds is 4. The molecule has 1 aromatic rings. The number of amides is 1. The molecule has 0 aromatic heterocycles. The monoisotopic (exact) mass is 376 g/mol. The molecule has 0 aliphatic carbocycles. The van der Waals surface area contributed by atoms with Gasteiger partial charge < -0.3 is 19.9 Å². The van der Waals surface area contributed by atoms with Crippen molar-refractivity contribution in [2.45, 2.75) is 37.3 Å². The van der Waals surface area contributed by atoms with Crippen molar-refractivity contribution in [1.29, 1.82) is 0 Å². The van der Waals surface area contributed by atoms with Gasteiger partial charge in [-0.25, -0.2) is 4.79 Å². The Bertz CT molecular complexity index is 645. The van der Waals surface area contributed by atoms with Crippen molar-refractivity contribution >= 4 is 23.8 Å². The lowest BCUT2D eigenvalue weighted by Crippen LogP contribution is -2.57. The van der Waals surface area contributed by atoms with Gasteiger partial charge in [-0.2, -0.15) is 0 Å². The van der Waals surface area contributed by atoms with Crippen molar-refractivity contribution in [2.24, 2.45) is 4.99 Å². The molecule has 2 aliphatic heterocycles. The molecule has 1 aromatic carbocycles. The van der Waals surface area contributed by atoms with Gasteiger partial charge in [0.05, 0.1) is 12.6 Å². The maximum Gasteiger partial charge on any atom is 0.410 e. The number of nitrogens with one attached hydrogen (secondary N) is 1. The van der Waals surface area contributed by atoms with E-state index in [4.69, 9.17) is 4.74 Å². The summed E-state index contributed by atoms with van der Waals surface area (Å²) in [5.74, 6) is 1.96. The van der Waals surface area contributed by atoms with Gasteiger partial charge in [0.25, 0.3) is 0 Å². The molecule has 2 aliphatic rings. The minimum absolute atomic E-state index is 0.224. The summed E-state index contributed by atoms with van der Waals surface area (Å²) in [5, 5.41) is 3.45. The number of aliphatic imine (C=N–C) groups is 1. The largest absolute Gasteiger partial charge is 0.444 e. The molecule has 0 radical (unpaired) electrons. The molecule has 1 fully saturated rings. The SMILES string of the molecule is CC(C)(C)OC(=O)N1CCN2C(NCCSc3ccccc3)=NCC2C1. The highest BCUT2D eigenvalue weighted by Crippen LogP contribution is 2.19. The molecular formula is C19H28N4O2S. The van der Waals surface area contributed by atoms with E-state index in [1.165, 1.54) is 4.90 Å². The first-order valence-corrected chi connectivity index (χ1v) is 10.1. The van der Waals surface area contributed by atoms with Gasteiger partial charge in [-0.15, -0.1) is 11.8 Å². The summed E-state index contributed by atoms with van der Waals surface area (Å²) in [5.41, 5.74) is -0.455. The van der Waals surface area contributed by atoms with E-state index in [9.17, 15) is 4.79 Å². The average molecular weight is 377 g/mol. The van der Waals surface area contributed by atoms with Crippen LogP contribution in [-0.4, -0.2) is 72.0 Å². The molecule has 0 spiro atoms. The van der Waals surface area contributed by atoms with Gasteiger partial charge in [0, 0.05) is 36.8 Å². The lowest BCUT2D eigenvalue weighted by molar-refractivity contribution is 0.0137. The summed E-state index contributed by atoms with van der Waals surface area (Å²) in [4.78, 5) is 22.3. The Balaban J connectivity index is 1.41. The Labute approximate surface area is 160 Å². The van der Waals surface area contributed by atoms with Crippen LogP contribution >= 0.6 is 11.8 Å². The van der Waals surface area contributed by atoms with Gasteiger partial charge >= 0.3 is 6.09 Å². The fraction of sp³-hybridized carbons (Fsp3) is 0.579. The van der Waals surface area contributed by atoms with E-state index in [-0.39, 0.29) is 12.1 Å². The Morgan fingerprint density at radius 2 is 2.08 bits per heavy atom. The number of nitrogens with zero attached hydrogens (tertiary/aromatic N) is 3. The molecule has 1 atom stereocenters. The predicted molar refractivity (Wildman–Crippen MR) is 106 cm³/mol. The third-order valence-electron chi connectivity index (χ3n) is 4.26. The van der Waals surface area contributed by atoms with Gasteiger partial charge in [0.2, 0.25) is 0 Å². The molecule has 142 valence electrons. The van der Waals surface area contributed by atoms with Crippen LogP contribution in [0.3, 0.4) is 0 Å². The Kier molecular flexibility index (Phi) is 5.96. The second-order valence-electron chi connectivity index (χ2n) is 7.53. The number of ether oxygens (including phenoxy) is 1. The number of fused-ring (bicyclic) bond motifs is 1. The van der Waals surface area contributed by atoms with Crippen LogP contribution in [-0.2, 0) is 4.74 Å². The van der Waals surface area contributed by atoms with E-state index < -0.39 is 5.60 Å². The summed E-state index contributed by atoms with van der Waals surface area (Å²) < 4.78 is 5.49. The smallest absolute Gasteiger partial charge is 0.410 e. The molecule has 1 unspecified atom stereocenters. The topological polar surface area (TPSA) is 57.2 Å². The summed E-state index contributed by atoms with van der Waals surface area (Å²) in [6.45, 7) is 9.43. The Hall–Kier alpha value is -1.89. The van der Waals surface area contributed by atoms with Crippen molar-refractivity contribution < 1.29 is 9.53 Å². The molecule has 1 amide bonds. The van der Waals surface area contributed by atoms with Crippen LogP contribution < -0.4 is 5.32 Å². The first-order valence-electron chi connectivity index (χ1n) is 9.13. The fourth-order valence-electron chi connectivity index (χ4n) is 3.07. The van der Waals surface area contributed by atoms with Crippen LogP contribution in [0.1, 0.15) is 20.8 Å². The second-order valence-corrected chi connectivity index (χ2v) is 8.69. The average Bonchev–Trinajstić information content (AvgIpc) is 3.00. The van der Waals surface area contributed by atoms with Gasteiger partial charge in [-0.1, -0.05) is 18.2 Å². The van der Waals surface area contributed by atoms with E-state index in [2.05, 4.69) is 39.5 Å². The van der Waals surface area contributed by atoms with Crippen LogP contribution in [0.2, 0.25) is 0 Å². The predicted octanol–water partition coefficient (Wildman–Crippen LogP) is 2.66. The van der Waals surface area contributed by atoms with Gasteiger partial charge in [0.1, 0.15) is 5.60 Å². The molecule has 0 bridgehead atoms. The standard InChI is InChI=1S/C19H28N4O2S/c1-19(2,3)25-18(24)22-10-11-23-15(14-22)13-21-17(23)20-9-12-26-16-7-5-4-6-8-16/h4-8,15H,9-14H2,1-3H3,(H,20,21). The van der Waals surface area contributed by atoms with Crippen molar-refractivity contribution in [1.82, 2.24) is 15.1 Å². The molecule has 6 nitrogen and oxygen atoms in total. The number of carbonyl (C=O) groups excluding carboxylic acids is 1. The molecule has 2 heterocycles. The second kappa shape index (κ2) is 8.20. The molecule has 3 rings (SSSR count). The first-order chi connectivity index (χ1) is 12.4. The number of carbonyl (C=O) groups is 1. The molecule has 26 heavy (non-hydrogen) atoms. The van der Waals surface area contributed by atoms with Crippen molar-refractivity contribution in [3.63, 3.8) is 0 Å². The van der Waals surface area contributed by atoms with Crippen LogP contribution in [0.25, 0.3) is 0 Å². The maximum atomic E-state index is 12.3. The molecule has 0 saturated carbocycles. The number of hydrogen-bond donors (Lipinski definition) is 1. The zero-order chi connectivity index (χ0) is 18.6. The highest BCUT2D eigenvalue weighted by Gasteiger charge is 2.36. The summed E-state index contributed by atoms with van der Waals surface area (Å²) in [7, 11) is 0. The zero-order valence-electron chi connectivity index (χ0n) is 15.8. The third kappa shape index (κ3) is 5.06. The Morgan fingerprint density at radius 1 is 1.31 bits per heavy atom. The van der Waals surface area contributed by atoms with Crippen LogP contribution in [0.5, 0.6) is 0 Å². The number of piperazine rings is 1. The maximum absolute atomic E-state index is 12.3. The van der Waals surface area contributed by atoms with Gasteiger partial charge in [0.15, 0.2) is 5.96 Å². The van der Waals surface area contributed by atoms with E-state index in [0.717, 1.165) is 31.3 Å². The quantitative estimate of drug-likeness (QED) is 0.647. The van der Waals surface area contributed by atoms with Crippen molar-refractivity contribution in [3.05, 3.63) is 30.3 Å². The van der Waals surface area contributed by atoms with E-state index in [1.807, 2.05) is 38.6 Å². The minimum Gasteiger partial charge on any atom is -0.444 e. The lowest BCUT2D eigenvalue weighted by Gasteiger charge is -2.39. The van der Waals surface area contributed by atoms with E-state index >= 15 is 0 Å². The minimum atomic E-state index is -0.455. The lowest BCUT2D eigenvalue weighted by atomic mass is 10.2. The molecule has 1 N–H and O–H groups in total. The number of thioether (sulfide) groups is 1. The zero-order valence-corrected chi connectivity index (χ0v) is 16.6.